The fraction of sp³-hybridized carbons (Fsp3) is 0.458. The highest BCUT2D eigenvalue weighted by molar-refractivity contribution is 5.33. The van der Waals surface area contributed by atoms with Crippen LogP contribution >= 0.6 is 0 Å². The third kappa shape index (κ3) is 5.11. The maximum absolute atomic E-state index is 5.53. The van der Waals surface area contributed by atoms with Gasteiger partial charge in [-0.3, -0.25) is 9.80 Å². The van der Waals surface area contributed by atoms with Gasteiger partial charge in [0.05, 0.1) is 19.7 Å². The van der Waals surface area contributed by atoms with Gasteiger partial charge in [0.15, 0.2) is 5.82 Å². The molecule has 2 heterocycles. The van der Waals surface area contributed by atoms with E-state index in [4.69, 9.17) is 4.74 Å². The van der Waals surface area contributed by atoms with Gasteiger partial charge in [0.1, 0.15) is 5.75 Å². The number of piperazine rings is 1. The van der Waals surface area contributed by atoms with Gasteiger partial charge in [-0.2, -0.15) is 0 Å². The normalized spacial score (nSPS) is 16.5. The highest BCUT2D eigenvalue weighted by atomic mass is 16.5. The van der Waals surface area contributed by atoms with Crippen LogP contribution in [0.25, 0.3) is 0 Å². The smallest absolute Gasteiger partial charge is 0.169 e. The summed E-state index contributed by atoms with van der Waals surface area (Å²) in [5, 5.41) is 12.8. The van der Waals surface area contributed by atoms with Gasteiger partial charge in [-0.05, 0) is 28.0 Å². The lowest BCUT2D eigenvalue weighted by molar-refractivity contribution is 0.0661. The number of tetrazole rings is 1. The lowest BCUT2D eigenvalue weighted by Gasteiger charge is -2.40. The first-order chi connectivity index (χ1) is 15.2. The molecular formula is C24H32N6O. The zero-order chi connectivity index (χ0) is 21.6. The summed E-state index contributed by atoms with van der Waals surface area (Å²) >= 11 is 0. The minimum absolute atomic E-state index is 0.201. The van der Waals surface area contributed by atoms with Gasteiger partial charge in [0, 0.05) is 38.3 Å². The molecule has 1 atom stereocenters. The van der Waals surface area contributed by atoms with Crippen LogP contribution in [0.15, 0.2) is 54.6 Å². The van der Waals surface area contributed by atoms with Crippen LogP contribution < -0.4 is 4.74 Å². The van der Waals surface area contributed by atoms with Gasteiger partial charge in [0.2, 0.25) is 0 Å². The average molecular weight is 421 g/mol. The number of para-hydroxylation sites is 1. The Balaban J connectivity index is 1.43. The lowest BCUT2D eigenvalue weighted by Crippen LogP contribution is -2.48. The van der Waals surface area contributed by atoms with E-state index in [1.807, 2.05) is 22.9 Å². The summed E-state index contributed by atoms with van der Waals surface area (Å²) in [5.41, 5.74) is 2.45. The SMILES string of the molecule is COc1ccccc1CN1CCN([C@H](c2nnnn2Cc2ccccc2)C(C)C)CC1. The van der Waals surface area contributed by atoms with E-state index in [2.05, 4.69) is 75.6 Å². The minimum Gasteiger partial charge on any atom is -0.496 e. The average Bonchev–Trinajstić information content (AvgIpc) is 3.23. The lowest BCUT2D eigenvalue weighted by atomic mass is 10.0. The first-order valence-corrected chi connectivity index (χ1v) is 11.0. The number of aromatic nitrogens is 4. The van der Waals surface area contributed by atoms with Crippen LogP contribution in [-0.4, -0.2) is 63.3 Å². The van der Waals surface area contributed by atoms with Crippen molar-refractivity contribution in [2.45, 2.75) is 33.0 Å². The fourth-order valence-electron chi connectivity index (χ4n) is 4.45. The van der Waals surface area contributed by atoms with Crippen molar-refractivity contribution < 1.29 is 4.74 Å². The van der Waals surface area contributed by atoms with Crippen LogP contribution in [0.5, 0.6) is 5.75 Å². The van der Waals surface area contributed by atoms with Crippen LogP contribution in [0.1, 0.15) is 36.8 Å². The summed E-state index contributed by atoms with van der Waals surface area (Å²) in [6.07, 6.45) is 0. The highest BCUT2D eigenvalue weighted by Crippen LogP contribution is 2.29. The van der Waals surface area contributed by atoms with E-state index in [9.17, 15) is 0 Å². The number of hydrogen-bond acceptors (Lipinski definition) is 6. The number of rotatable bonds is 8. The third-order valence-corrected chi connectivity index (χ3v) is 6.02. The monoisotopic (exact) mass is 420 g/mol. The number of benzene rings is 2. The molecule has 0 N–H and O–H groups in total. The van der Waals surface area contributed by atoms with Crippen molar-refractivity contribution >= 4 is 0 Å². The second-order valence-electron chi connectivity index (χ2n) is 8.49. The first-order valence-electron chi connectivity index (χ1n) is 11.0. The molecule has 1 fully saturated rings. The molecular weight excluding hydrogens is 388 g/mol. The van der Waals surface area contributed by atoms with Gasteiger partial charge in [-0.25, -0.2) is 4.68 Å². The molecule has 0 bridgehead atoms. The molecule has 2 aromatic carbocycles. The second-order valence-corrected chi connectivity index (χ2v) is 8.49. The Labute approximate surface area is 184 Å². The first kappa shape index (κ1) is 21.5. The Hall–Kier alpha value is -2.77. The molecule has 1 saturated heterocycles. The number of hydrogen-bond donors (Lipinski definition) is 0. The van der Waals surface area contributed by atoms with E-state index in [0.29, 0.717) is 12.5 Å². The van der Waals surface area contributed by atoms with Gasteiger partial charge in [-0.15, -0.1) is 5.10 Å². The zero-order valence-corrected chi connectivity index (χ0v) is 18.7. The summed E-state index contributed by atoms with van der Waals surface area (Å²) in [6.45, 7) is 10.1. The molecule has 0 unspecified atom stereocenters. The Kier molecular flexibility index (Phi) is 6.94. The van der Waals surface area contributed by atoms with Crippen molar-refractivity contribution in [3.8, 4) is 5.75 Å². The molecule has 164 valence electrons. The molecule has 7 nitrogen and oxygen atoms in total. The molecule has 3 aromatic rings. The molecule has 0 saturated carbocycles. The van der Waals surface area contributed by atoms with Crippen molar-refractivity contribution in [3.05, 3.63) is 71.5 Å². The summed E-state index contributed by atoms with van der Waals surface area (Å²) < 4.78 is 7.49. The Morgan fingerprint density at radius 3 is 2.32 bits per heavy atom. The quantitative estimate of drug-likeness (QED) is 0.558. The topological polar surface area (TPSA) is 59.3 Å². The van der Waals surface area contributed by atoms with Gasteiger partial charge >= 0.3 is 0 Å². The van der Waals surface area contributed by atoms with E-state index in [1.165, 1.54) is 11.1 Å². The Morgan fingerprint density at radius 1 is 0.903 bits per heavy atom. The van der Waals surface area contributed by atoms with Crippen LogP contribution in [-0.2, 0) is 13.1 Å². The van der Waals surface area contributed by atoms with Crippen molar-refractivity contribution in [2.75, 3.05) is 33.3 Å². The van der Waals surface area contributed by atoms with Crippen molar-refractivity contribution in [2.24, 2.45) is 5.92 Å². The predicted octanol–water partition coefficient (Wildman–Crippen LogP) is 3.24. The predicted molar refractivity (Wildman–Crippen MR) is 121 cm³/mol. The molecule has 4 rings (SSSR count). The number of ether oxygens (including phenoxy) is 1. The van der Waals surface area contributed by atoms with Crippen LogP contribution in [0, 0.1) is 5.92 Å². The Morgan fingerprint density at radius 2 is 1.61 bits per heavy atom. The van der Waals surface area contributed by atoms with Crippen LogP contribution in [0.3, 0.4) is 0 Å². The van der Waals surface area contributed by atoms with E-state index < -0.39 is 0 Å². The van der Waals surface area contributed by atoms with E-state index >= 15 is 0 Å². The van der Waals surface area contributed by atoms with Crippen molar-refractivity contribution in [3.63, 3.8) is 0 Å². The van der Waals surface area contributed by atoms with E-state index in [0.717, 1.165) is 44.3 Å². The van der Waals surface area contributed by atoms with Crippen LogP contribution in [0.4, 0.5) is 0 Å². The van der Waals surface area contributed by atoms with Gasteiger partial charge in [-0.1, -0.05) is 62.4 Å². The maximum atomic E-state index is 5.53. The molecule has 0 aliphatic carbocycles. The molecule has 31 heavy (non-hydrogen) atoms. The number of nitrogens with zero attached hydrogens (tertiary/aromatic N) is 6. The third-order valence-electron chi connectivity index (χ3n) is 6.02. The molecule has 0 spiro atoms. The maximum Gasteiger partial charge on any atom is 0.169 e. The molecule has 7 heteroatoms. The second kappa shape index (κ2) is 10.0. The van der Waals surface area contributed by atoms with Crippen molar-refractivity contribution in [1.82, 2.24) is 30.0 Å². The highest BCUT2D eigenvalue weighted by Gasteiger charge is 2.31. The van der Waals surface area contributed by atoms with Crippen molar-refractivity contribution in [1.29, 1.82) is 0 Å². The van der Waals surface area contributed by atoms with Crippen LogP contribution in [0.2, 0.25) is 0 Å². The van der Waals surface area contributed by atoms with Gasteiger partial charge in [0.25, 0.3) is 0 Å². The summed E-state index contributed by atoms with van der Waals surface area (Å²) in [7, 11) is 1.74. The molecule has 1 aliphatic rings. The zero-order valence-electron chi connectivity index (χ0n) is 18.7. The minimum atomic E-state index is 0.201. The van der Waals surface area contributed by atoms with E-state index in [1.54, 1.807) is 7.11 Å². The largest absolute Gasteiger partial charge is 0.496 e. The molecule has 1 aromatic heterocycles. The molecule has 0 amide bonds. The molecule has 0 radical (unpaired) electrons. The standard InChI is InChI=1S/C24H32N6O/c1-19(2)23(24-25-26-27-30(24)17-20-9-5-4-6-10-20)29-15-13-28(14-16-29)18-21-11-7-8-12-22(21)31-3/h4-12,19,23H,13-18H2,1-3H3/t23-/m0/s1. The Bertz CT molecular complexity index is 949. The summed E-state index contributed by atoms with van der Waals surface area (Å²) in [4.78, 5) is 5.04. The van der Waals surface area contributed by atoms with Gasteiger partial charge < -0.3 is 4.74 Å². The summed E-state index contributed by atoms with van der Waals surface area (Å²) in [6, 6.07) is 18.9. The fourth-order valence-corrected chi connectivity index (χ4v) is 4.45. The molecule has 1 aliphatic heterocycles. The number of methoxy groups -OCH3 is 1. The summed E-state index contributed by atoms with van der Waals surface area (Å²) in [5.74, 6) is 2.34. The van der Waals surface area contributed by atoms with E-state index in [-0.39, 0.29) is 6.04 Å².